The number of pyridine rings is 1. The number of hydrogen-bond donors (Lipinski definition) is 1. The molecule has 2 nitrogen and oxygen atoms in total. The summed E-state index contributed by atoms with van der Waals surface area (Å²) in [6.07, 6.45) is 1.75. The molecule has 0 aliphatic heterocycles. The fraction of sp³-hybridized carbons (Fsp3) is 0. The summed E-state index contributed by atoms with van der Waals surface area (Å²) in [6.45, 7) is 3.89. The van der Waals surface area contributed by atoms with Crippen molar-refractivity contribution >= 4 is 11.5 Å². The van der Waals surface area contributed by atoms with Crippen molar-refractivity contribution in [3.8, 4) is 0 Å². The van der Waals surface area contributed by atoms with Crippen LogP contribution in [0.25, 0.3) is 0 Å². The van der Waals surface area contributed by atoms with Gasteiger partial charge < -0.3 is 5.32 Å². The van der Waals surface area contributed by atoms with E-state index in [1.54, 1.807) is 6.20 Å². The highest BCUT2D eigenvalue weighted by Crippen LogP contribution is 2.16. The molecule has 1 N–H and O–H groups in total. The summed E-state index contributed by atoms with van der Waals surface area (Å²) in [7, 11) is 0. The number of rotatable bonds is 2. The smallest absolute Gasteiger partial charge is 0.133 e. The average Bonchev–Trinajstić information content (AvgIpc) is 2.23. The van der Waals surface area contributed by atoms with Crippen LogP contribution in [-0.4, -0.2) is 4.98 Å². The number of aromatic nitrogens is 1. The molecule has 0 amide bonds. The zero-order valence-corrected chi connectivity index (χ0v) is 7.77. The molecular weight excluding hydrogens is 172 g/mol. The van der Waals surface area contributed by atoms with Gasteiger partial charge >= 0.3 is 0 Å². The van der Waals surface area contributed by atoms with Gasteiger partial charge in [0.05, 0.1) is 0 Å². The van der Waals surface area contributed by atoms with Gasteiger partial charge in [-0.3, -0.25) is 0 Å². The molecule has 0 aliphatic rings. The Hall–Kier alpha value is -1.83. The van der Waals surface area contributed by atoms with Crippen LogP contribution >= 0.6 is 0 Å². The van der Waals surface area contributed by atoms with Gasteiger partial charge in [0.25, 0.3) is 0 Å². The predicted molar refractivity (Wildman–Crippen MR) is 58.4 cm³/mol. The lowest BCUT2D eigenvalue weighted by Crippen LogP contribution is -1.94. The fourth-order valence-electron chi connectivity index (χ4n) is 1.21. The van der Waals surface area contributed by atoms with Crippen LogP contribution in [0.5, 0.6) is 0 Å². The standard InChI is InChI=1S/C12H11N2/c1-10-6-5-9-13-12(10)14-11-7-3-2-4-8-11/h2-9H,1H2,(H,13,14). The Labute approximate surface area is 83.6 Å². The molecule has 0 spiro atoms. The van der Waals surface area contributed by atoms with Crippen LogP contribution in [0.15, 0.2) is 48.7 Å². The second kappa shape index (κ2) is 3.92. The van der Waals surface area contributed by atoms with Crippen molar-refractivity contribution in [1.29, 1.82) is 0 Å². The highest BCUT2D eigenvalue weighted by atomic mass is 15.0. The molecule has 0 aliphatic carbocycles. The van der Waals surface area contributed by atoms with Gasteiger partial charge in [-0.05, 0) is 30.7 Å². The minimum atomic E-state index is 0.804. The number of para-hydroxylation sites is 1. The Morgan fingerprint density at radius 2 is 1.79 bits per heavy atom. The highest BCUT2D eigenvalue weighted by Gasteiger charge is 1.97. The van der Waals surface area contributed by atoms with E-state index in [1.807, 2.05) is 42.5 Å². The lowest BCUT2D eigenvalue weighted by molar-refractivity contribution is 1.29. The first-order chi connectivity index (χ1) is 6.86. The van der Waals surface area contributed by atoms with E-state index in [-0.39, 0.29) is 0 Å². The summed E-state index contributed by atoms with van der Waals surface area (Å²) in [6, 6.07) is 13.7. The summed E-state index contributed by atoms with van der Waals surface area (Å²) < 4.78 is 0. The lowest BCUT2D eigenvalue weighted by atomic mass is 10.2. The van der Waals surface area contributed by atoms with Crippen LogP contribution in [0, 0.1) is 6.92 Å². The largest absolute Gasteiger partial charge is 0.340 e. The third-order valence-corrected chi connectivity index (χ3v) is 1.93. The van der Waals surface area contributed by atoms with Crippen molar-refractivity contribution in [2.75, 3.05) is 5.32 Å². The van der Waals surface area contributed by atoms with Crippen LogP contribution in [0.3, 0.4) is 0 Å². The third-order valence-electron chi connectivity index (χ3n) is 1.93. The topological polar surface area (TPSA) is 24.9 Å². The first-order valence-electron chi connectivity index (χ1n) is 4.45. The maximum atomic E-state index is 4.20. The molecule has 0 fully saturated rings. The second-order valence-corrected chi connectivity index (χ2v) is 3.00. The molecular formula is C12H11N2. The molecule has 0 unspecified atom stereocenters. The van der Waals surface area contributed by atoms with E-state index in [0.29, 0.717) is 0 Å². The molecule has 69 valence electrons. The number of nitrogens with one attached hydrogen (secondary N) is 1. The zero-order chi connectivity index (χ0) is 9.80. The molecule has 0 bridgehead atoms. The van der Waals surface area contributed by atoms with E-state index in [1.165, 1.54) is 0 Å². The van der Waals surface area contributed by atoms with Crippen molar-refractivity contribution in [2.24, 2.45) is 0 Å². The number of benzene rings is 1. The Morgan fingerprint density at radius 1 is 1.00 bits per heavy atom. The van der Waals surface area contributed by atoms with Gasteiger partial charge in [-0.15, -0.1) is 0 Å². The average molecular weight is 183 g/mol. The van der Waals surface area contributed by atoms with Gasteiger partial charge in [0.15, 0.2) is 0 Å². The lowest BCUT2D eigenvalue weighted by Gasteiger charge is -2.06. The number of anilines is 2. The van der Waals surface area contributed by atoms with E-state index in [2.05, 4.69) is 17.2 Å². The Morgan fingerprint density at radius 3 is 2.50 bits per heavy atom. The Bertz CT molecular complexity index is 410. The molecule has 2 heteroatoms. The van der Waals surface area contributed by atoms with Crippen LogP contribution < -0.4 is 5.32 Å². The van der Waals surface area contributed by atoms with Crippen molar-refractivity contribution in [1.82, 2.24) is 4.98 Å². The molecule has 0 saturated carbocycles. The number of hydrogen-bond acceptors (Lipinski definition) is 2. The second-order valence-electron chi connectivity index (χ2n) is 3.00. The summed E-state index contributed by atoms with van der Waals surface area (Å²) >= 11 is 0. The van der Waals surface area contributed by atoms with Gasteiger partial charge in [0, 0.05) is 11.9 Å². The van der Waals surface area contributed by atoms with Crippen molar-refractivity contribution < 1.29 is 0 Å². The molecule has 1 heterocycles. The van der Waals surface area contributed by atoms with E-state index in [4.69, 9.17) is 0 Å². The van der Waals surface area contributed by atoms with Gasteiger partial charge in [0.1, 0.15) is 5.82 Å². The zero-order valence-electron chi connectivity index (χ0n) is 7.77. The van der Waals surface area contributed by atoms with Crippen LogP contribution in [-0.2, 0) is 0 Å². The molecule has 14 heavy (non-hydrogen) atoms. The summed E-state index contributed by atoms with van der Waals surface area (Å²) in [5.41, 5.74) is 1.92. The van der Waals surface area contributed by atoms with Gasteiger partial charge in [-0.1, -0.05) is 24.3 Å². The van der Waals surface area contributed by atoms with Gasteiger partial charge in [-0.25, -0.2) is 4.98 Å². The highest BCUT2D eigenvalue weighted by molar-refractivity contribution is 5.59. The molecule has 1 aromatic heterocycles. The SMILES string of the molecule is [CH2]c1cccnc1Nc1ccccc1. The molecule has 0 atom stereocenters. The number of nitrogens with zero attached hydrogens (tertiary/aromatic N) is 1. The monoisotopic (exact) mass is 183 g/mol. The van der Waals surface area contributed by atoms with Crippen molar-refractivity contribution in [3.05, 3.63) is 61.1 Å². The van der Waals surface area contributed by atoms with Crippen LogP contribution in [0.4, 0.5) is 11.5 Å². The minimum Gasteiger partial charge on any atom is -0.340 e. The minimum absolute atomic E-state index is 0.804. The quantitative estimate of drug-likeness (QED) is 0.774. The maximum Gasteiger partial charge on any atom is 0.133 e. The predicted octanol–water partition coefficient (Wildman–Crippen LogP) is 3.01. The van der Waals surface area contributed by atoms with E-state index in [0.717, 1.165) is 17.1 Å². The first-order valence-corrected chi connectivity index (χ1v) is 4.45. The summed E-state index contributed by atoms with van der Waals surface area (Å²) in [5, 5.41) is 3.20. The molecule has 1 radical (unpaired) electrons. The van der Waals surface area contributed by atoms with E-state index < -0.39 is 0 Å². The first kappa shape index (κ1) is 8.75. The molecule has 0 saturated heterocycles. The normalized spacial score (nSPS) is 9.79. The maximum absolute atomic E-state index is 4.20. The van der Waals surface area contributed by atoms with Crippen LogP contribution in [0.1, 0.15) is 5.56 Å². The fourth-order valence-corrected chi connectivity index (χ4v) is 1.21. The molecule has 2 aromatic rings. The van der Waals surface area contributed by atoms with E-state index in [9.17, 15) is 0 Å². The van der Waals surface area contributed by atoms with E-state index >= 15 is 0 Å². The van der Waals surface area contributed by atoms with Crippen molar-refractivity contribution in [2.45, 2.75) is 0 Å². The van der Waals surface area contributed by atoms with Gasteiger partial charge in [-0.2, -0.15) is 0 Å². The molecule has 1 aromatic carbocycles. The third kappa shape index (κ3) is 1.91. The summed E-state index contributed by atoms with van der Waals surface area (Å²) in [4.78, 5) is 4.20. The van der Waals surface area contributed by atoms with Crippen molar-refractivity contribution in [3.63, 3.8) is 0 Å². The van der Waals surface area contributed by atoms with Crippen LogP contribution in [0.2, 0.25) is 0 Å². The summed E-state index contributed by atoms with van der Waals surface area (Å²) in [5.74, 6) is 0.804. The molecule has 2 rings (SSSR count). The van der Waals surface area contributed by atoms with Gasteiger partial charge in [0.2, 0.25) is 0 Å². The Balaban J connectivity index is 2.24. The Kier molecular flexibility index (Phi) is 2.45.